The van der Waals surface area contributed by atoms with Crippen LogP contribution >= 0.6 is 0 Å². The van der Waals surface area contributed by atoms with E-state index in [1.165, 1.54) is 0 Å². The molecule has 1 saturated heterocycles. The molecule has 0 unspecified atom stereocenters. The number of carbonyl (C=O) groups excluding carboxylic acids is 1. The molecular weight excluding hydrogens is 202 g/mol. The Morgan fingerprint density at radius 1 is 1.38 bits per heavy atom. The Hall–Kier alpha value is -1.51. The van der Waals surface area contributed by atoms with E-state index in [0.29, 0.717) is 18.7 Å². The van der Waals surface area contributed by atoms with Crippen molar-refractivity contribution in [3.05, 3.63) is 35.9 Å². The molecule has 3 nitrogen and oxygen atoms in total. The molecule has 1 aromatic carbocycles. The molecule has 1 amide bonds. The highest BCUT2D eigenvalue weighted by molar-refractivity contribution is 5.71. The SMILES string of the molecule is CC[C@H]1[C@@H](C)N1C(=O)OCc1ccccc1. The maximum Gasteiger partial charge on any atom is 0.410 e. The van der Waals surface area contributed by atoms with Gasteiger partial charge in [0, 0.05) is 0 Å². The van der Waals surface area contributed by atoms with Crippen molar-refractivity contribution < 1.29 is 9.53 Å². The van der Waals surface area contributed by atoms with E-state index in [1.807, 2.05) is 30.3 Å². The first-order valence-electron chi connectivity index (χ1n) is 5.73. The van der Waals surface area contributed by atoms with Crippen LogP contribution in [0.25, 0.3) is 0 Å². The Kier molecular flexibility index (Phi) is 3.13. The van der Waals surface area contributed by atoms with E-state index in [1.54, 1.807) is 4.90 Å². The van der Waals surface area contributed by atoms with Crippen molar-refractivity contribution in [3.8, 4) is 0 Å². The first kappa shape index (κ1) is 11.0. The lowest BCUT2D eigenvalue weighted by Gasteiger charge is -2.06. The molecule has 0 spiro atoms. The molecule has 0 N–H and O–H groups in total. The summed E-state index contributed by atoms with van der Waals surface area (Å²) < 4.78 is 5.24. The second kappa shape index (κ2) is 4.56. The largest absolute Gasteiger partial charge is 0.445 e. The number of ether oxygens (including phenoxy) is 1. The molecule has 16 heavy (non-hydrogen) atoms. The summed E-state index contributed by atoms with van der Waals surface area (Å²) in [5.74, 6) is 0. The number of amides is 1. The van der Waals surface area contributed by atoms with E-state index in [9.17, 15) is 4.79 Å². The minimum atomic E-state index is -0.191. The van der Waals surface area contributed by atoms with E-state index in [-0.39, 0.29) is 6.09 Å². The van der Waals surface area contributed by atoms with Gasteiger partial charge >= 0.3 is 6.09 Å². The molecule has 1 heterocycles. The van der Waals surface area contributed by atoms with Crippen LogP contribution in [0, 0.1) is 0 Å². The number of rotatable bonds is 3. The average molecular weight is 219 g/mol. The van der Waals surface area contributed by atoms with E-state index in [4.69, 9.17) is 4.74 Å². The summed E-state index contributed by atoms with van der Waals surface area (Å²) in [6.45, 7) is 4.50. The van der Waals surface area contributed by atoms with Gasteiger partial charge < -0.3 is 4.74 Å². The highest BCUT2D eigenvalue weighted by Gasteiger charge is 2.47. The molecule has 0 bridgehead atoms. The van der Waals surface area contributed by atoms with Gasteiger partial charge in [0.15, 0.2) is 0 Å². The summed E-state index contributed by atoms with van der Waals surface area (Å²) in [5.41, 5.74) is 1.03. The quantitative estimate of drug-likeness (QED) is 0.731. The van der Waals surface area contributed by atoms with Crippen molar-refractivity contribution in [3.63, 3.8) is 0 Å². The van der Waals surface area contributed by atoms with Crippen LogP contribution in [0.3, 0.4) is 0 Å². The van der Waals surface area contributed by atoms with E-state index < -0.39 is 0 Å². The zero-order valence-electron chi connectivity index (χ0n) is 9.72. The fourth-order valence-electron chi connectivity index (χ4n) is 2.05. The summed E-state index contributed by atoms with van der Waals surface area (Å²) in [7, 11) is 0. The van der Waals surface area contributed by atoms with E-state index in [0.717, 1.165) is 12.0 Å². The van der Waals surface area contributed by atoms with Gasteiger partial charge in [-0.1, -0.05) is 37.3 Å². The topological polar surface area (TPSA) is 29.3 Å². The summed E-state index contributed by atoms with van der Waals surface area (Å²) in [4.78, 5) is 13.5. The van der Waals surface area contributed by atoms with Gasteiger partial charge in [-0.15, -0.1) is 0 Å². The van der Waals surface area contributed by atoms with Crippen LogP contribution < -0.4 is 0 Å². The van der Waals surface area contributed by atoms with Crippen LogP contribution in [0.1, 0.15) is 25.8 Å². The predicted molar refractivity (Wildman–Crippen MR) is 62.0 cm³/mol. The first-order valence-corrected chi connectivity index (χ1v) is 5.73. The Labute approximate surface area is 96.0 Å². The molecule has 1 aliphatic heterocycles. The van der Waals surface area contributed by atoms with Crippen molar-refractivity contribution in [1.82, 2.24) is 4.90 Å². The van der Waals surface area contributed by atoms with Crippen LogP contribution in [0.15, 0.2) is 30.3 Å². The van der Waals surface area contributed by atoms with Gasteiger partial charge in [0.2, 0.25) is 0 Å². The molecule has 1 aromatic rings. The van der Waals surface area contributed by atoms with Crippen molar-refractivity contribution in [2.75, 3.05) is 0 Å². The van der Waals surface area contributed by atoms with Crippen molar-refractivity contribution in [2.24, 2.45) is 0 Å². The monoisotopic (exact) mass is 219 g/mol. The normalized spacial score (nSPS) is 23.0. The second-order valence-corrected chi connectivity index (χ2v) is 4.16. The van der Waals surface area contributed by atoms with Gasteiger partial charge in [0.05, 0.1) is 12.1 Å². The Balaban J connectivity index is 1.81. The molecule has 1 aliphatic rings. The van der Waals surface area contributed by atoms with Gasteiger partial charge in [-0.25, -0.2) is 4.79 Å². The van der Waals surface area contributed by atoms with E-state index >= 15 is 0 Å². The molecule has 1 fully saturated rings. The Bertz CT molecular complexity index is 363. The highest BCUT2D eigenvalue weighted by Crippen LogP contribution is 2.31. The first-order chi connectivity index (χ1) is 7.74. The second-order valence-electron chi connectivity index (χ2n) is 4.16. The Morgan fingerprint density at radius 2 is 2.06 bits per heavy atom. The lowest BCUT2D eigenvalue weighted by molar-refractivity contribution is 0.120. The molecule has 2 atom stereocenters. The number of nitrogens with zero attached hydrogens (tertiary/aromatic N) is 1. The summed E-state index contributed by atoms with van der Waals surface area (Å²) in [6.07, 6.45) is 0.810. The zero-order valence-corrected chi connectivity index (χ0v) is 9.72. The standard InChI is InChI=1S/C13H17NO2/c1-3-12-10(2)14(12)13(15)16-9-11-7-5-4-6-8-11/h4-8,10,12H,3,9H2,1-2H3/t10-,12+,14?/m1/s1. The maximum atomic E-state index is 11.7. The fourth-order valence-corrected chi connectivity index (χ4v) is 2.05. The van der Waals surface area contributed by atoms with Crippen LogP contribution in [-0.4, -0.2) is 23.1 Å². The zero-order chi connectivity index (χ0) is 11.5. The third-order valence-electron chi connectivity index (χ3n) is 3.10. The molecule has 0 radical (unpaired) electrons. The molecule has 0 aromatic heterocycles. The van der Waals surface area contributed by atoms with Gasteiger partial charge in [0.1, 0.15) is 6.61 Å². The molecule has 3 heteroatoms. The van der Waals surface area contributed by atoms with Crippen LogP contribution in [-0.2, 0) is 11.3 Å². The minimum absolute atomic E-state index is 0.191. The number of carbonyl (C=O) groups is 1. The number of benzene rings is 1. The third-order valence-corrected chi connectivity index (χ3v) is 3.10. The van der Waals surface area contributed by atoms with Gasteiger partial charge in [-0.2, -0.15) is 0 Å². The van der Waals surface area contributed by atoms with E-state index in [2.05, 4.69) is 13.8 Å². The maximum absolute atomic E-state index is 11.7. The molecule has 2 rings (SSSR count). The summed E-state index contributed by atoms with van der Waals surface area (Å²) in [5, 5.41) is 0. The molecular formula is C13H17NO2. The lowest BCUT2D eigenvalue weighted by atomic mass is 10.2. The van der Waals surface area contributed by atoms with Gasteiger partial charge in [0.25, 0.3) is 0 Å². The third kappa shape index (κ3) is 2.18. The van der Waals surface area contributed by atoms with Crippen LogP contribution in [0.2, 0.25) is 0 Å². The predicted octanol–water partition coefficient (Wildman–Crippen LogP) is 2.81. The van der Waals surface area contributed by atoms with Gasteiger partial charge in [-0.05, 0) is 18.9 Å². The Morgan fingerprint density at radius 3 is 2.62 bits per heavy atom. The molecule has 0 saturated carbocycles. The van der Waals surface area contributed by atoms with Gasteiger partial charge in [-0.3, -0.25) is 4.90 Å². The number of hydrogen-bond acceptors (Lipinski definition) is 2. The van der Waals surface area contributed by atoms with Crippen molar-refractivity contribution in [1.29, 1.82) is 0 Å². The van der Waals surface area contributed by atoms with Crippen LogP contribution in [0.5, 0.6) is 0 Å². The van der Waals surface area contributed by atoms with Crippen molar-refractivity contribution in [2.45, 2.75) is 39.0 Å². The molecule has 86 valence electrons. The van der Waals surface area contributed by atoms with Crippen LogP contribution in [0.4, 0.5) is 4.79 Å². The average Bonchev–Trinajstić information content (AvgIpc) is 2.98. The summed E-state index contributed by atoms with van der Waals surface area (Å²) >= 11 is 0. The molecule has 0 aliphatic carbocycles. The fraction of sp³-hybridized carbons (Fsp3) is 0.462. The highest BCUT2D eigenvalue weighted by atomic mass is 16.6. The smallest absolute Gasteiger partial charge is 0.410 e. The lowest BCUT2D eigenvalue weighted by Crippen LogP contribution is -2.15. The number of hydrogen-bond donors (Lipinski definition) is 0. The minimum Gasteiger partial charge on any atom is -0.445 e. The van der Waals surface area contributed by atoms with Crippen molar-refractivity contribution >= 4 is 6.09 Å². The summed E-state index contributed by atoms with van der Waals surface area (Å²) in [6, 6.07) is 10.5.